The van der Waals surface area contributed by atoms with Crippen molar-refractivity contribution in [3.8, 4) is 0 Å². The molecule has 2 heterocycles. The van der Waals surface area contributed by atoms with Crippen LogP contribution in [-0.4, -0.2) is 34.5 Å². The van der Waals surface area contributed by atoms with Gasteiger partial charge in [-0.25, -0.2) is 9.97 Å². The first-order valence-corrected chi connectivity index (χ1v) is 6.72. The van der Waals surface area contributed by atoms with E-state index < -0.39 is 12.0 Å². The summed E-state index contributed by atoms with van der Waals surface area (Å²) in [6, 6.07) is 0. The van der Waals surface area contributed by atoms with Gasteiger partial charge in [0.25, 0.3) is 0 Å². The van der Waals surface area contributed by atoms with Crippen LogP contribution < -0.4 is 5.73 Å². The van der Waals surface area contributed by atoms with Crippen molar-refractivity contribution >= 4 is 0 Å². The van der Waals surface area contributed by atoms with Gasteiger partial charge in [0, 0.05) is 30.5 Å². The van der Waals surface area contributed by atoms with E-state index >= 15 is 0 Å². The highest BCUT2D eigenvalue weighted by Gasteiger charge is 2.34. The van der Waals surface area contributed by atoms with Crippen molar-refractivity contribution in [2.75, 3.05) is 19.6 Å². The molecule has 1 saturated heterocycles. The van der Waals surface area contributed by atoms with Crippen LogP contribution in [0.25, 0.3) is 0 Å². The number of halogens is 3. The molecule has 0 saturated carbocycles. The maximum atomic E-state index is 12.5. The molecule has 4 nitrogen and oxygen atoms in total. The maximum Gasteiger partial charge on any atom is 0.451 e. The van der Waals surface area contributed by atoms with Crippen molar-refractivity contribution in [1.29, 1.82) is 0 Å². The van der Waals surface area contributed by atoms with Crippen LogP contribution in [0, 0.1) is 12.8 Å². The van der Waals surface area contributed by atoms with E-state index in [1.54, 1.807) is 6.92 Å². The molecule has 1 aromatic rings. The number of aromatic nitrogens is 2. The van der Waals surface area contributed by atoms with Crippen molar-refractivity contribution in [1.82, 2.24) is 14.9 Å². The molecule has 0 bridgehead atoms. The fourth-order valence-electron chi connectivity index (χ4n) is 2.51. The summed E-state index contributed by atoms with van der Waals surface area (Å²) in [5.41, 5.74) is 6.82. The van der Waals surface area contributed by atoms with E-state index in [9.17, 15) is 13.2 Å². The number of hydrogen-bond donors (Lipinski definition) is 1. The van der Waals surface area contributed by atoms with Crippen molar-refractivity contribution in [3.05, 3.63) is 23.3 Å². The quantitative estimate of drug-likeness (QED) is 0.924. The highest BCUT2D eigenvalue weighted by atomic mass is 19.4. The summed E-state index contributed by atoms with van der Waals surface area (Å²) in [6.45, 7) is 4.66. The number of aryl methyl sites for hydroxylation is 1. The van der Waals surface area contributed by atoms with Crippen LogP contribution in [0.1, 0.15) is 29.9 Å². The second-order valence-corrected chi connectivity index (χ2v) is 5.28. The van der Waals surface area contributed by atoms with Crippen molar-refractivity contribution in [3.63, 3.8) is 0 Å². The third-order valence-electron chi connectivity index (χ3n) is 3.66. The lowest BCUT2D eigenvalue weighted by Gasteiger charge is -2.32. The van der Waals surface area contributed by atoms with Gasteiger partial charge in [-0.3, -0.25) is 4.90 Å². The molecule has 0 unspecified atom stereocenters. The van der Waals surface area contributed by atoms with Crippen LogP contribution in [-0.2, 0) is 12.7 Å². The molecule has 0 spiro atoms. The first-order chi connectivity index (χ1) is 9.40. The molecule has 7 heteroatoms. The smallest absolute Gasteiger partial charge is 0.330 e. The third kappa shape index (κ3) is 3.67. The van der Waals surface area contributed by atoms with Gasteiger partial charge in [-0.15, -0.1) is 0 Å². The molecule has 0 aliphatic carbocycles. The minimum atomic E-state index is -4.49. The molecule has 112 valence electrons. The first-order valence-electron chi connectivity index (χ1n) is 6.72. The largest absolute Gasteiger partial charge is 0.451 e. The van der Waals surface area contributed by atoms with E-state index in [0.717, 1.165) is 31.5 Å². The molecule has 0 aromatic carbocycles. The van der Waals surface area contributed by atoms with Gasteiger partial charge < -0.3 is 5.73 Å². The number of likely N-dealkylation sites (tertiary alicyclic amines) is 1. The van der Waals surface area contributed by atoms with E-state index in [2.05, 4.69) is 14.9 Å². The van der Waals surface area contributed by atoms with E-state index in [4.69, 9.17) is 5.73 Å². The fraction of sp³-hybridized carbons (Fsp3) is 0.692. The molecule has 20 heavy (non-hydrogen) atoms. The van der Waals surface area contributed by atoms with Gasteiger partial charge in [-0.2, -0.15) is 13.2 Å². The van der Waals surface area contributed by atoms with Crippen LogP contribution >= 0.6 is 0 Å². The third-order valence-corrected chi connectivity index (χ3v) is 3.66. The molecular weight excluding hydrogens is 269 g/mol. The van der Waals surface area contributed by atoms with Crippen LogP contribution in [0.3, 0.4) is 0 Å². The Labute approximate surface area is 116 Å². The minimum Gasteiger partial charge on any atom is -0.330 e. The summed E-state index contributed by atoms with van der Waals surface area (Å²) < 4.78 is 37.5. The lowest BCUT2D eigenvalue weighted by atomic mass is 9.98. The van der Waals surface area contributed by atoms with E-state index in [0.29, 0.717) is 24.7 Å². The zero-order valence-electron chi connectivity index (χ0n) is 11.5. The molecule has 0 amide bonds. The highest BCUT2D eigenvalue weighted by Crippen LogP contribution is 2.26. The van der Waals surface area contributed by atoms with Gasteiger partial charge in [-0.1, -0.05) is 0 Å². The molecule has 1 atom stereocenters. The van der Waals surface area contributed by atoms with Gasteiger partial charge in [0.1, 0.15) is 0 Å². The second-order valence-electron chi connectivity index (χ2n) is 5.28. The summed E-state index contributed by atoms with van der Waals surface area (Å²) in [4.78, 5) is 9.20. The minimum absolute atomic E-state index is 0.391. The Morgan fingerprint density at radius 2 is 2.20 bits per heavy atom. The van der Waals surface area contributed by atoms with E-state index in [1.807, 2.05) is 0 Å². The summed E-state index contributed by atoms with van der Waals surface area (Å²) in [5, 5.41) is 0. The Balaban J connectivity index is 2.06. The van der Waals surface area contributed by atoms with Crippen LogP contribution in [0.2, 0.25) is 0 Å². The zero-order chi connectivity index (χ0) is 14.8. The van der Waals surface area contributed by atoms with Gasteiger partial charge in [0.2, 0.25) is 5.82 Å². The zero-order valence-corrected chi connectivity index (χ0v) is 11.5. The normalized spacial score (nSPS) is 21.1. The summed E-state index contributed by atoms with van der Waals surface area (Å²) >= 11 is 0. The fourth-order valence-corrected chi connectivity index (χ4v) is 2.51. The Morgan fingerprint density at radius 1 is 1.45 bits per heavy atom. The SMILES string of the molecule is Cc1nc(C(F)(F)F)ncc1CN1CCC[C@H](CN)C1. The topological polar surface area (TPSA) is 55.0 Å². The lowest BCUT2D eigenvalue weighted by Crippen LogP contribution is -2.38. The molecule has 2 rings (SSSR count). The number of nitrogens with two attached hydrogens (primary N) is 1. The summed E-state index contributed by atoms with van der Waals surface area (Å²) in [6.07, 6.45) is -1.01. The van der Waals surface area contributed by atoms with Crippen molar-refractivity contribution < 1.29 is 13.2 Å². The maximum absolute atomic E-state index is 12.5. The van der Waals surface area contributed by atoms with Crippen LogP contribution in [0.5, 0.6) is 0 Å². The molecule has 1 aromatic heterocycles. The Hall–Kier alpha value is -1.21. The van der Waals surface area contributed by atoms with Gasteiger partial charge in [0.05, 0.1) is 0 Å². The Kier molecular flexibility index (Phi) is 4.59. The van der Waals surface area contributed by atoms with Crippen molar-refractivity contribution in [2.24, 2.45) is 11.7 Å². The Bertz CT molecular complexity index is 461. The highest BCUT2D eigenvalue weighted by molar-refractivity contribution is 5.17. The standard InChI is InChI=1S/C13H19F3N4/c1-9-11(6-18-12(19-9)13(14,15)16)8-20-4-2-3-10(5-17)7-20/h6,10H,2-5,7-8,17H2,1H3/t10-/m1/s1. The number of hydrogen-bond acceptors (Lipinski definition) is 4. The van der Waals surface area contributed by atoms with E-state index in [1.165, 1.54) is 6.20 Å². The first kappa shape index (κ1) is 15.2. The number of alkyl halides is 3. The van der Waals surface area contributed by atoms with Crippen LogP contribution in [0.4, 0.5) is 13.2 Å². The number of nitrogens with zero attached hydrogens (tertiary/aromatic N) is 3. The molecule has 2 N–H and O–H groups in total. The number of rotatable bonds is 3. The summed E-state index contributed by atoms with van der Waals surface area (Å²) in [7, 11) is 0. The number of piperidine rings is 1. The molecule has 0 radical (unpaired) electrons. The lowest BCUT2D eigenvalue weighted by molar-refractivity contribution is -0.145. The molecular formula is C13H19F3N4. The predicted octanol–water partition coefficient (Wildman–Crippen LogP) is 1.97. The van der Waals surface area contributed by atoms with E-state index in [-0.39, 0.29) is 0 Å². The van der Waals surface area contributed by atoms with Gasteiger partial charge in [0.15, 0.2) is 0 Å². The molecule has 1 aliphatic heterocycles. The average Bonchev–Trinajstić information content (AvgIpc) is 2.40. The summed E-state index contributed by atoms with van der Waals surface area (Å²) in [5.74, 6) is -0.600. The average molecular weight is 288 g/mol. The van der Waals surface area contributed by atoms with Gasteiger partial charge >= 0.3 is 6.18 Å². The predicted molar refractivity (Wildman–Crippen MR) is 68.8 cm³/mol. The second kappa shape index (κ2) is 6.05. The monoisotopic (exact) mass is 288 g/mol. The van der Waals surface area contributed by atoms with Crippen molar-refractivity contribution in [2.45, 2.75) is 32.5 Å². The van der Waals surface area contributed by atoms with Gasteiger partial charge in [-0.05, 0) is 38.8 Å². The molecule has 1 fully saturated rings. The Morgan fingerprint density at radius 3 is 2.80 bits per heavy atom. The van der Waals surface area contributed by atoms with Crippen LogP contribution in [0.15, 0.2) is 6.20 Å². The molecule has 1 aliphatic rings.